The second-order valence-electron chi connectivity index (χ2n) is 5.00. The molecule has 0 heterocycles. The molecule has 0 atom stereocenters. The maximum Gasteiger partial charge on any atom is 0.226 e. The highest BCUT2D eigenvalue weighted by Gasteiger charge is 2.14. The van der Waals surface area contributed by atoms with E-state index in [1.165, 1.54) is 19.3 Å². The Morgan fingerprint density at radius 1 is 1.20 bits per heavy atom. The van der Waals surface area contributed by atoms with E-state index >= 15 is 0 Å². The molecule has 110 valence electrons. The van der Waals surface area contributed by atoms with Crippen LogP contribution in [-0.4, -0.2) is 17.9 Å². The molecule has 0 aliphatic rings. The summed E-state index contributed by atoms with van der Waals surface area (Å²) in [4.78, 5) is 14.2. The molecule has 0 bridgehead atoms. The van der Waals surface area contributed by atoms with Gasteiger partial charge in [0, 0.05) is 19.0 Å². The van der Waals surface area contributed by atoms with Gasteiger partial charge in [-0.05, 0) is 18.6 Å². The molecule has 2 N–H and O–H groups in total. The fourth-order valence-electron chi connectivity index (χ4n) is 2.16. The Bertz CT molecular complexity index is 460. The smallest absolute Gasteiger partial charge is 0.226 e. The molecule has 0 aliphatic carbocycles. The number of hydrogen-bond acceptors (Lipinski definition) is 2. The van der Waals surface area contributed by atoms with Gasteiger partial charge in [-0.15, -0.1) is 0 Å². The second kappa shape index (κ2) is 8.69. The summed E-state index contributed by atoms with van der Waals surface area (Å²) in [5.74, 6) is 0.116. The van der Waals surface area contributed by atoms with Crippen LogP contribution in [0, 0.1) is 0 Å². The molecular weight excluding hydrogens is 268 g/mol. The lowest BCUT2D eigenvalue weighted by molar-refractivity contribution is -0.118. The summed E-state index contributed by atoms with van der Waals surface area (Å²) in [7, 11) is 1.78. The first kappa shape index (κ1) is 16.6. The maximum atomic E-state index is 12.2. The molecule has 1 amide bonds. The Kier molecular flexibility index (Phi) is 7.23. The number of carbonyl (C=O) groups excluding carboxylic acids is 1. The third-order valence-electron chi connectivity index (χ3n) is 3.40. The van der Waals surface area contributed by atoms with E-state index in [0.717, 1.165) is 24.1 Å². The van der Waals surface area contributed by atoms with Crippen molar-refractivity contribution in [3.05, 3.63) is 29.8 Å². The number of unbranched alkanes of at least 4 members (excludes halogenated alkanes) is 4. The van der Waals surface area contributed by atoms with Crippen molar-refractivity contribution in [1.82, 2.24) is 0 Å². The molecule has 1 rings (SSSR count). The lowest BCUT2D eigenvalue weighted by Gasteiger charge is -2.20. The molecule has 4 heteroatoms. The number of rotatable bonds is 8. The van der Waals surface area contributed by atoms with Gasteiger partial charge in [0.05, 0.1) is 5.69 Å². The number of benzene rings is 1. The highest BCUT2D eigenvalue weighted by atomic mass is 32.1. The van der Waals surface area contributed by atoms with Crippen LogP contribution in [0.2, 0.25) is 0 Å². The van der Waals surface area contributed by atoms with Crippen LogP contribution in [0.15, 0.2) is 24.3 Å². The maximum absolute atomic E-state index is 12.2. The van der Waals surface area contributed by atoms with Gasteiger partial charge in [-0.2, -0.15) is 0 Å². The van der Waals surface area contributed by atoms with Gasteiger partial charge < -0.3 is 10.6 Å². The standard InChI is InChI=1S/C16H24N2OS/c1-3-4-5-6-7-12-15(19)18(2)14-11-9-8-10-13(14)16(17)20/h8-11H,3-7,12H2,1-2H3,(H2,17,20). The fraction of sp³-hybridized carbons (Fsp3) is 0.500. The minimum absolute atomic E-state index is 0.116. The number of carbonyl (C=O) groups is 1. The Balaban J connectivity index is 2.59. The quantitative estimate of drug-likeness (QED) is 0.587. The number of nitrogens with two attached hydrogens (primary N) is 1. The average Bonchev–Trinajstić information content (AvgIpc) is 2.46. The van der Waals surface area contributed by atoms with Gasteiger partial charge in [0.15, 0.2) is 0 Å². The van der Waals surface area contributed by atoms with Gasteiger partial charge >= 0.3 is 0 Å². The largest absolute Gasteiger partial charge is 0.389 e. The van der Waals surface area contributed by atoms with Gasteiger partial charge in [0.2, 0.25) is 5.91 Å². The van der Waals surface area contributed by atoms with E-state index in [0.29, 0.717) is 11.4 Å². The topological polar surface area (TPSA) is 46.3 Å². The number of para-hydroxylation sites is 1. The van der Waals surface area contributed by atoms with Crippen LogP contribution in [0.4, 0.5) is 5.69 Å². The summed E-state index contributed by atoms with van der Waals surface area (Å²) in [5, 5.41) is 0. The number of amides is 1. The van der Waals surface area contributed by atoms with E-state index in [1.54, 1.807) is 11.9 Å². The van der Waals surface area contributed by atoms with Crippen molar-refractivity contribution < 1.29 is 4.79 Å². The van der Waals surface area contributed by atoms with E-state index in [1.807, 2.05) is 24.3 Å². The molecule has 0 radical (unpaired) electrons. The van der Waals surface area contributed by atoms with Crippen molar-refractivity contribution in [2.24, 2.45) is 5.73 Å². The summed E-state index contributed by atoms with van der Waals surface area (Å²) in [6.45, 7) is 2.19. The van der Waals surface area contributed by atoms with Crippen LogP contribution in [-0.2, 0) is 4.79 Å². The zero-order chi connectivity index (χ0) is 15.0. The number of anilines is 1. The molecule has 0 aromatic heterocycles. The Morgan fingerprint density at radius 2 is 1.85 bits per heavy atom. The summed E-state index contributed by atoms with van der Waals surface area (Å²) < 4.78 is 0. The lowest BCUT2D eigenvalue weighted by Crippen LogP contribution is -2.28. The molecule has 0 aliphatic heterocycles. The van der Waals surface area contributed by atoms with Crippen molar-refractivity contribution in [2.45, 2.75) is 45.4 Å². The van der Waals surface area contributed by atoms with Crippen molar-refractivity contribution in [3.63, 3.8) is 0 Å². The summed E-state index contributed by atoms with van der Waals surface area (Å²) in [6.07, 6.45) is 6.30. The van der Waals surface area contributed by atoms with Gasteiger partial charge in [0.25, 0.3) is 0 Å². The number of hydrogen-bond donors (Lipinski definition) is 1. The van der Waals surface area contributed by atoms with Crippen LogP contribution in [0.1, 0.15) is 51.0 Å². The SMILES string of the molecule is CCCCCCCC(=O)N(C)c1ccccc1C(N)=S. The monoisotopic (exact) mass is 292 g/mol. The predicted octanol–water partition coefficient (Wildman–Crippen LogP) is 3.64. The molecule has 0 unspecified atom stereocenters. The van der Waals surface area contributed by atoms with E-state index in [9.17, 15) is 4.79 Å². The average molecular weight is 292 g/mol. The first-order chi connectivity index (χ1) is 9.57. The van der Waals surface area contributed by atoms with E-state index in [2.05, 4.69) is 6.92 Å². The molecule has 1 aromatic carbocycles. The first-order valence-corrected chi connectivity index (χ1v) is 7.64. The van der Waals surface area contributed by atoms with E-state index < -0.39 is 0 Å². The van der Waals surface area contributed by atoms with E-state index in [-0.39, 0.29) is 5.91 Å². The number of thiocarbonyl (C=S) groups is 1. The van der Waals surface area contributed by atoms with Crippen molar-refractivity contribution in [1.29, 1.82) is 0 Å². The number of nitrogens with zero attached hydrogens (tertiary/aromatic N) is 1. The van der Waals surface area contributed by atoms with Gasteiger partial charge in [-0.25, -0.2) is 0 Å². The second-order valence-corrected chi connectivity index (χ2v) is 5.44. The first-order valence-electron chi connectivity index (χ1n) is 7.23. The highest BCUT2D eigenvalue weighted by Crippen LogP contribution is 2.20. The molecule has 0 spiro atoms. The third-order valence-corrected chi connectivity index (χ3v) is 3.62. The minimum atomic E-state index is 0.116. The normalized spacial score (nSPS) is 10.3. The summed E-state index contributed by atoms with van der Waals surface area (Å²) in [6, 6.07) is 7.50. The third kappa shape index (κ3) is 4.93. The Morgan fingerprint density at radius 3 is 2.50 bits per heavy atom. The van der Waals surface area contributed by atoms with Crippen LogP contribution in [0.25, 0.3) is 0 Å². The van der Waals surface area contributed by atoms with Crippen LogP contribution >= 0.6 is 12.2 Å². The molecular formula is C16H24N2OS. The lowest BCUT2D eigenvalue weighted by atomic mass is 10.1. The molecule has 3 nitrogen and oxygen atoms in total. The van der Waals surface area contributed by atoms with Gasteiger partial charge in [-0.1, -0.05) is 57.0 Å². The minimum Gasteiger partial charge on any atom is -0.389 e. The Hall–Kier alpha value is -1.42. The zero-order valence-corrected chi connectivity index (χ0v) is 13.2. The predicted molar refractivity (Wildman–Crippen MR) is 89.1 cm³/mol. The van der Waals surface area contributed by atoms with Crippen molar-refractivity contribution in [2.75, 3.05) is 11.9 Å². The van der Waals surface area contributed by atoms with Crippen LogP contribution < -0.4 is 10.6 Å². The van der Waals surface area contributed by atoms with Crippen LogP contribution in [0.3, 0.4) is 0 Å². The van der Waals surface area contributed by atoms with Gasteiger partial charge in [0.1, 0.15) is 4.99 Å². The summed E-state index contributed by atoms with van der Waals surface area (Å²) in [5.41, 5.74) is 7.25. The molecule has 0 saturated carbocycles. The zero-order valence-electron chi connectivity index (χ0n) is 12.4. The molecule has 0 saturated heterocycles. The summed E-state index contributed by atoms with van der Waals surface area (Å²) >= 11 is 5.03. The molecule has 1 aromatic rings. The van der Waals surface area contributed by atoms with Crippen molar-refractivity contribution in [3.8, 4) is 0 Å². The molecule has 0 fully saturated rings. The van der Waals surface area contributed by atoms with Gasteiger partial charge in [-0.3, -0.25) is 4.79 Å². The van der Waals surface area contributed by atoms with Crippen LogP contribution in [0.5, 0.6) is 0 Å². The fourth-order valence-corrected chi connectivity index (χ4v) is 2.33. The molecule has 20 heavy (non-hydrogen) atoms. The highest BCUT2D eigenvalue weighted by molar-refractivity contribution is 7.80. The van der Waals surface area contributed by atoms with E-state index in [4.69, 9.17) is 18.0 Å². The Labute approximate surface area is 127 Å². The van der Waals surface area contributed by atoms with Crippen molar-refractivity contribution >= 4 is 28.8 Å².